The Morgan fingerprint density at radius 1 is 1.26 bits per heavy atom. The third kappa shape index (κ3) is 4.46. The summed E-state index contributed by atoms with van der Waals surface area (Å²) < 4.78 is 0. The maximum absolute atomic E-state index is 12.1. The van der Waals surface area contributed by atoms with Crippen LogP contribution >= 0.6 is 0 Å². The van der Waals surface area contributed by atoms with E-state index in [2.05, 4.69) is 10.2 Å². The van der Waals surface area contributed by atoms with E-state index in [0.717, 1.165) is 31.8 Å². The molecule has 1 saturated carbocycles. The topological polar surface area (TPSA) is 58.4 Å². The zero-order valence-corrected chi connectivity index (χ0v) is 12.6. The molecule has 4 heteroatoms. The Hall–Kier alpha value is -0.610. The van der Waals surface area contributed by atoms with Gasteiger partial charge in [-0.05, 0) is 37.0 Å². The highest BCUT2D eigenvalue weighted by Gasteiger charge is 2.31. The van der Waals surface area contributed by atoms with E-state index >= 15 is 0 Å². The van der Waals surface area contributed by atoms with Crippen LogP contribution in [-0.4, -0.2) is 42.5 Å². The molecule has 0 aromatic carbocycles. The van der Waals surface area contributed by atoms with Crippen molar-refractivity contribution in [3.63, 3.8) is 0 Å². The van der Waals surface area contributed by atoms with Crippen molar-refractivity contribution >= 4 is 5.91 Å². The number of likely N-dealkylation sites (tertiary alicyclic amines) is 1. The van der Waals surface area contributed by atoms with Crippen LogP contribution in [0.15, 0.2) is 0 Å². The number of hydrogen-bond acceptors (Lipinski definition) is 3. The van der Waals surface area contributed by atoms with Gasteiger partial charge in [0.15, 0.2) is 0 Å². The molecule has 1 amide bonds. The summed E-state index contributed by atoms with van der Waals surface area (Å²) in [4.78, 5) is 14.6. The van der Waals surface area contributed by atoms with E-state index in [9.17, 15) is 4.79 Å². The van der Waals surface area contributed by atoms with Gasteiger partial charge in [0.05, 0.1) is 6.04 Å². The molecule has 4 nitrogen and oxygen atoms in total. The minimum atomic E-state index is -0.419. The molecule has 0 aromatic rings. The Balaban J connectivity index is 1.71. The number of piperidine rings is 1. The van der Waals surface area contributed by atoms with Crippen molar-refractivity contribution in [1.29, 1.82) is 0 Å². The Labute approximate surface area is 117 Å². The lowest BCUT2D eigenvalue weighted by Gasteiger charge is -2.34. The maximum atomic E-state index is 12.1. The molecule has 1 saturated heterocycles. The van der Waals surface area contributed by atoms with E-state index in [1.807, 2.05) is 20.8 Å². The molecular formula is C15H29N3O. The smallest absolute Gasteiger partial charge is 0.237 e. The van der Waals surface area contributed by atoms with Crippen LogP contribution in [0.25, 0.3) is 0 Å². The van der Waals surface area contributed by atoms with Gasteiger partial charge < -0.3 is 16.0 Å². The molecule has 1 heterocycles. The normalized spacial score (nSPS) is 24.2. The van der Waals surface area contributed by atoms with E-state index < -0.39 is 6.04 Å². The van der Waals surface area contributed by atoms with Crippen molar-refractivity contribution in [2.24, 2.45) is 17.1 Å². The lowest BCUT2D eigenvalue weighted by atomic mass is 9.86. The number of carbonyl (C=O) groups is 1. The zero-order chi connectivity index (χ0) is 14.0. The van der Waals surface area contributed by atoms with Crippen LogP contribution in [0.4, 0.5) is 0 Å². The van der Waals surface area contributed by atoms with Crippen LogP contribution in [0, 0.1) is 11.3 Å². The molecule has 2 fully saturated rings. The molecular weight excluding hydrogens is 238 g/mol. The molecule has 1 aliphatic heterocycles. The fourth-order valence-corrected chi connectivity index (χ4v) is 2.61. The van der Waals surface area contributed by atoms with Gasteiger partial charge in [-0.3, -0.25) is 4.79 Å². The van der Waals surface area contributed by atoms with Crippen molar-refractivity contribution in [2.75, 3.05) is 19.6 Å². The van der Waals surface area contributed by atoms with E-state index in [1.54, 1.807) is 0 Å². The second-order valence-corrected chi connectivity index (χ2v) is 7.37. The number of nitrogens with zero attached hydrogens (tertiary/aromatic N) is 1. The Kier molecular flexibility index (Phi) is 4.51. The van der Waals surface area contributed by atoms with Crippen molar-refractivity contribution in [1.82, 2.24) is 10.2 Å². The van der Waals surface area contributed by atoms with Gasteiger partial charge in [-0.15, -0.1) is 0 Å². The van der Waals surface area contributed by atoms with Crippen LogP contribution in [0.5, 0.6) is 0 Å². The summed E-state index contributed by atoms with van der Waals surface area (Å²) in [7, 11) is 0. The summed E-state index contributed by atoms with van der Waals surface area (Å²) in [6.45, 7) is 9.53. The lowest BCUT2D eigenvalue weighted by molar-refractivity contribution is -0.125. The van der Waals surface area contributed by atoms with E-state index in [1.165, 1.54) is 19.4 Å². The molecule has 110 valence electrons. The third-order valence-corrected chi connectivity index (χ3v) is 4.36. The van der Waals surface area contributed by atoms with Gasteiger partial charge in [-0.2, -0.15) is 0 Å². The molecule has 0 aromatic heterocycles. The largest absolute Gasteiger partial charge is 0.352 e. The van der Waals surface area contributed by atoms with Crippen LogP contribution in [-0.2, 0) is 4.79 Å². The maximum Gasteiger partial charge on any atom is 0.237 e. The first-order valence-electron chi connectivity index (χ1n) is 7.64. The summed E-state index contributed by atoms with van der Waals surface area (Å²) in [5.74, 6) is 0.966. The van der Waals surface area contributed by atoms with Crippen molar-refractivity contribution in [3.05, 3.63) is 0 Å². The first kappa shape index (κ1) is 14.8. The van der Waals surface area contributed by atoms with Crippen LogP contribution < -0.4 is 11.1 Å². The SMILES string of the molecule is CC(C)(C)[C@H](N)C(=O)NC1CCN(CC2CC2)CC1. The molecule has 2 aliphatic rings. The highest BCUT2D eigenvalue weighted by atomic mass is 16.2. The molecule has 0 spiro atoms. The predicted octanol–water partition coefficient (Wildman–Crippen LogP) is 1.35. The van der Waals surface area contributed by atoms with Crippen LogP contribution in [0.3, 0.4) is 0 Å². The molecule has 0 bridgehead atoms. The average Bonchev–Trinajstić information content (AvgIpc) is 3.13. The number of nitrogens with one attached hydrogen (secondary N) is 1. The Morgan fingerprint density at radius 2 is 1.84 bits per heavy atom. The van der Waals surface area contributed by atoms with E-state index in [-0.39, 0.29) is 11.3 Å². The van der Waals surface area contributed by atoms with Gasteiger partial charge in [-0.1, -0.05) is 20.8 Å². The molecule has 1 aliphatic carbocycles. The minimum Gasteiger partial charge on any atom is -0.352 e. The zero-order valence-electron chi connectivity index (χ0n) is 12.6. The van der Waals surface area contributed by atoms with Gasteiger partial charge in [-0.25, -0.2) is 0 Å². The average molecular weight is 267 g/mol. The third-order valence-electron chi connectivity index (χ3n) is 4.36. The van der Waals surface area contributed by atoms with Gasteiger partial charge in [0.25, 0.3) is 0 Å². The van der Waals surface area contributed by atoms with Gasteiger partial charge in [0, 0.05) is 25.7 Å². The first-order chi connectivity index (χ1) is 8.86. The number of rotatable bonds is 4. The van der Waals surface area contributed by atoms with Gasteiger partial charge >= 0.3 is 0 Å². The van der Waals surface area contributed by atoms with Crippen LogP contribution in [0.2, 0.25) is 0 Å². The highest BCUT2D eigenvalue weighted by Crippen LogP contribution is 2.30. The number of amides is 1. The minimum absolute atomic E-state index is 0.00754. The number of nitrogens with two attached hydrogens (primary N) is 1. The molecule has 19 heavy (non-hydrogen) atoms. The lowest BCUT2D eigenvalue weighted by Crippen LogP contribution is -2.53. The summed E-state index contributed by atoms with van der Waals surface area (Å²) >= 11 is 0. The first-order valence-corrected chi connectivity index (χ1v) is 7.64. The molecule has 1 atom stereocenters. The van der Waals surface area contributed by atoms with Crippen molar-refractivity contribution in [2.45, 2.75) is 58.5 Å². The summed E-state index contributed by atoms with van der Waals surface area (Å²) in [5.41, 5.74) is 5.82. The highest BCUT2D eigenvalue weighted by molar-refractivity contribution is 5.82. The summed E-state index contributed by atoms with van der Waals surface area (Å²) in [5, 5.41) is 3.12. The number of hydrogen-bond donors (Lipinski definition) is 2. The van der Waals surface area contributed by atoms with E-state index in [0.29, 0.717) is 6.04 Å². The molecule has 3 N–H and O–H groups in total. The Bertz CT molecular complexity index is 312. The summed E-state index contributed by atoms with van der Waals surface area (Å²) in [6, 6.07) is -0.103. The molecule has 0 unspecified atom stereocenters. The van der Waals surface area contributed by atoms with Gasteiger partial charge in [0.2, 0.25) is 5.91 Å². The van der Waals surface area contributed by atoms with E-state index in [4.69, 9.17) is 5.73 Å². The predicted molar refractivity (Wildman–Crippen MR) is 77.8 cm³/mol. The second kappa shape index (κ2) is 5.80. The number of carbonyl (C=O) groups excluding carboxylic acids is 1. The summed E-state index contributed by atoms with van der Waals surface area (Å²) in [6.07, 6.45) is 4.96. The second-order valence-electron chi connectivity index (χ2n) is 7.37. The Morgan fingerprint density at radius 3 is 2.32 bits per heavy atom. The monoisotopic (exact) mass is 267 g/mol. The van der Waals surface area contributed by atoms with Crippen molar-refractivity contribution < 1.29 is 4.79 Å². The van der Waals surface area contributed by atoms with Crippen LogP contribution in [0.1, 0.15) is 46.5 Å². The standard InChI is InChI=1S/C15H29N3O/c1-15(2,3)13(16)14(19)17-12-6-8-18(9-7-12)10-11-4-5-11/h11-13H,4-10,16H2,1-3H3,(H,17,19)/t13-/m1/s1. The molecule has 0 radical (unpaired) electrons. The van der Waals surface area contributed by atoms with Crippen molar-refractivity contribution in [3.8, 4) is 0 Å². The fourth-order valence-electron chi connectivity index (χ4n) is 2.61. The quantitative estimate of drug-likeness (QED) is 0.808. The van der Waals surface area contributed by atoms with Gasteiger partial charge in [0.1, 0.15) is 0 Å². The molecule has 2 rings (SSSR count). The fraction of sp³-hybridized carbons (Fsp3) is 0.933.